The summed E-state index contributed by atoms with van der Waals surface area (Å²) in [6.07, 6.45) is 1.58. The Kier molecular flexibility index (Phi) is 5.27. The zero-order valence-corrected chi connectivity index (χ0v) is 12.2. The molecule has 0 fully saturated rings. The van der Waals surface area contributed by atoms with Crippen molar-refractivity contribution in [3.8, 4) is 0 Å². The van der Waals surface area contributed by atoms with E-state index in [-0.39, 0.29) is 11.7 Å². The molecule has 0 amide bonds. The molecule has 0 aliphatic carbocycles. The lowest BCUT2D eigenvalue weighted by molar-refractivity contribution is 0.600. The van der Waals surface area contributed by atoms with E-state index in [1.807, 2.05) is 18.7 Å². The number of aromatic nitrogens is 1. The van der Waals surface area contributed by atoms with E-state index in [2.05, 4.69) is 20.9 Å². The second kappa shape index (κ2) is 6.26. The molecule has 0 saturated carbocycles. The molecule has 1 aromatic rings. The first-order valence-electron chi connectivity index (χ1n) is 5.31. The van der Waals surface area contributed by atoms with Crippen molar-refractivity contribution in [1.82, 2.24) is 4.98 Å². The normalized spacial score (nSPS) is 12.2. The van der Waals surface area contributed by atoms with Crippen LogP contribution in [0.15, 0.2) is 16.7 Å². The summed E-state index contributed by atoms with van der Waals surface area (Å²) in [6, 6.07) is 1.40. The van der Waals surface area contributed by atoms with Crippen LogP contribution in [0.3, 0.4) is 0 Å². The van der Waals surface area contributed by atoms with Crippen LogP contribution < -0.4 is 10.6 Å². The first-order valence-corrected chi connectivity index (χ1v) is 6.51. The smallest absolute Gasteiger partial charge is 0.166 e. The van der Waals surface area contributed by atoms with Gasteiger partial charge in [-0.25, -0.2) is 9.37 Å². The molecular formula is C11H15BrFN3S. The van der Waals surface area contributed by atoms with Crippen molar-refractivity contribution in [2.24, 2.45) is 11.7 Å². The summed E-state index contributed by atoms with van der Waals surface area (Å²) in [5.41, 5.74) is 5.56. The van der Waals surface area contributed by atoms with Gasteiger partial charge in [-0.05, 0) is 28.9 Å². The van der Waals surface area contributed by atoms with E-state index in [1.54, 1.807) is 6.20 Å². The largest absolute Gasteiger partial charge is 0.393 e. The summed E-state index contributed by atoms with van der Waals surface area (Å²) in [5.74, 6) is 0.00459. The number of pyridine rings is 1. The summed E-state index contributed by atoms with van der Waals surface area (Å²) in [5, 5.41) is 0. The maximum atomic E-state index is 13.7. The third kappa shape index (κ3) is 3.89. The van der Waals surface area contributed by atoms with Crippen molar-refractivity contribution in [1.29, 1.82) is 0 Å². The highest BCUT2D eigenvalue weighted by Crippen LogP contribution is 2.20. The summed E-state index contributed by atoms with van der Waals surface area (Å²) < 4.78 is 14.4. The van der Waals surface area contributed by atoms with Crippen LogP contribution in [0.5, 0.6) is 0 Å². The molecule has 0 bridgehead atoms. The van der Waals surface area contributed by atoms with Gasteiger partial charge in [0, 0.05) is 29.7 Å². The summed E-state index contributed by atoms with van der Waals surface area (Å²) >= 11 is 8.10. The predicted octanol–water partition coefficient (Wildman–Crippen LogP) is 2.73. The number of nitrogens with two attached hydrogens (primary N) is 1. The fraction of sp³-hybridized carbons (Fsp3) is 0.455. The van der Waals surface area contributed by atoms with Gasteiger partial charge in [0.1, 0.15) is 0 Å². The van der Waals surface area contributed by atoms with Crippen molar-refractivity contribution in [2.45, 2.75) is 13.8 Å². The van der Waals surface area contributed by atoms with Gasteiger partial charge in [0.2, 0.25) is 0 Å². The van der Waals surface area contributed by atoms with Gasteiger partial charge in [-0.1, -0.05) is 19.1 Å². The molecule has 1 heterocycles. The number of thiocarbonyl (C=S) groups is 1. The third-order valence-corrected chi connectivity index (χ3v) is 3.29. The van der Waals surface area contributed by atoms with Crippen molar-refractivity contribution < 1.29 is 4.39 Å². The second-order valence-electron chi connectivity index (χ2n) is 3.80. The minimum absolute atomic E-state index is 0.0230. The van der Waals surface area contributed by atoms with Crippen LogP contribution >= 0.6 is 28.1 Å². The van der Waals surface area contributed by atoms with Crippen LogP contribution in [0.1, 0.15) is 13.8 Å². The Morgan fingerprint density at radius 3 is 2.82 bits per heavy atom. The van der Waals surface area contributed by atoms with Crippen LogP contribution in [0.4, 0.5) is 10.2 Å². The second-order valence-corrected chi connectivity index (χ2v) is 5.19. The van der Waals surface area contributed by atoms with Crippen LogP contribution in [0.25, 0.3) is 0 Å². The molecule has 2 N–H and O–H groups in total. The molecule has 1 rings (SSSR count). The van der Waals surface area contributed by atoms with E-state index in [0.717, 1.165) is 0 Å². The van der Waals surface area contributed by atoms with E-state index >= 15 is 0 Å². The summed E-state index contributed by atoms with van der Waals surface area (Å²) in [4.78, 5) is 6.34. The van der Waals surface area contributed by atoms with Gasteiger partial charge < -0.3 is 10.6 Å². The van der Waals surface area contributed by atoms with Crippen LogP contribution in [-0.2, 0) is 0 Å². The summed E-state index contributed by atoms with van der Waals surface area (Å²) in [7, 11) is 0. The number of anilines is 1. The Balaban J connectivity index is 2.90. The zero-order chi connectivity index (χ0) is 13.0. The first-order chi connectivity index (χ1) is 7.95. The Morgan fingerprint density at radius 1 is 1.71 bits per heavy atom. The highest BCUT2D eigenvalue weighted by Gasteiger charge is 2.16. The SMILES string of the molecule is CCN(CC(C)C(N)=S)c1ncc(Br)cc1F. The van der Waals surface area contributed by atoms with Crippen molar-refractivity contribution in [3.05, 3.63) is 22.6 Å². The van der Waals surface area contributed by atoms with E-state index in [1.165, 1.54) is 6.07 Å². The summed E-state index contributed by atoms with van der Waals surface area (Å²) in [6.45, 7) is 5.08. The maximum absolute atomic E-state index is 13.7. The lowest BCUT2D eigenvalue weighted by Crippen LogP contribution is -2.34. The minimum Gasteiger partial charge on any atom is -0.393 e. The average Bonchev–Trinajstić information content (AvgIpc) is 2.26. The van der Waals surface area contributed by atoms with Crippen molar-refractivity contribution in [3.63, 3.8) is 0 Å². The monoisotopic (exact) mass is 319 g/mol. The van der Waals surface area contributed by atoms with Gasteiger partial charge >= 0.3 is 0 Å². The molecule has 94 valence electrons. The van der Waals surface area contributed by atoms with E-state index in [9.17, 15) is 4.39 Å². The number of hydrogen-bond donors (Lipinski definition) is 1. The quantitative estimate of drug-likeness (QED) is 0.847. The lowest BCUT2D eigenvalue weighted by Gasteiger charge is -2.25. The number of hydrogen-bond acceptors (Lipinski definition) is 3. The van der Waals surface area contributed by atoms with Gasteiger partial charge in [0.05, 0.1) is 4.99 Å². The zero-order valence-electron chi connectivity index (χ0n) is 9.78. The van der Waals surface area contributed by atoms with E-state index < -0.39 is 0 Å². The Morgan fingerprint density at radius 2 is 2.35 bits per heavy atom. The number of rotatable bonds is 5. The number of halogens is 2. The first kappa shape index (κ1) is 14.3. The molecule has 0 saturated heterocycles. The van der Waals surface area contributed by atoms with Gasteiger partial charge in [0.25, 0.3) is 0 Å². The van der Waals surface area contributed by atoms with Crippen LogP contribution in [0.2, 0.25) is 0 Å². The molecule has 1 aromatic heterocycles. The third-order valence-electron chi connectivity index (χ3n) is 2.45. The molecule has 3 nitrogen and oxygen atoms in total. The predicted molar refractivity (Wildman–Crippen MR) is 75.7 cm³/mol. The molecule has 1 unspecified atom stereocenters. The van der Waals surface area contributed by atoms with Crippen molar-refractivity contribution in [2.75, 3.05) is 18.0 Å². The maximum Gasteiger partial charge on any atom is 0.166 e. The molecule has 0 aliphatic rings. The fourth-order valence-electron chi connectivity index (χ4n) is 1.43. The molecule has 0 spiro atoms. The highest BCUT2D eigenvalue weighted by atomic mass is 79.9. The standard InChI is InChI=1S/C11H15BrFN3S/c1-3-16(6-7(2)10(14)17)11-9(13)4-8(12)5-15-11/h4-5,7H,3,6H2,1-2H3,(H2,14,17). The molecule has 0 radical (unpaired) electrons. The minimum atomic E-state index is -0.351. The molecule has 17 heavy (non-hydrogen) atoms. The Labute approximate surface area is 114 Å². The molecule has 0 aliphatic heterocycles. The van der Waals surface area contributed by atoms with Gasteiger partial charge in [-0.2, -0.15) is 0 Å². The Bertz CT molecular complexity index is 414. The number of nitrogens with zero attached hydrogens (tertiary/aromatic N) is 2. The van der Waals surface area contributed by atoms with Crippen LogP contribution in [0, 0.1) is 11.7 Å². The Hall–Kier alpha value is -0.750. The van der Waals surface area contributed by atoms with Crippen molar-refractivity contribution >= 4 is 39.0 Å². The van der Waals surface area contributed by atoms with Crippen LogP contribution in [-0.4, -0.2) is 23.1 Å². The lowest BCUT2D eigenvalue weighted by atomic mass is 10.1. The van der Waals surface area contributed by atoms with Gasteiger partial charge in [-0.15, -0.1) is 0 Å². The van der Waals surface area contributed by atoms with E-state index in [4.69, 9.17) is 18.0 Å². The molecular weight excluding hydrogens is 305 g/mol. The van der Waals surface area contributed by atoms with Gasteiger partial charge in [0.15, 0.2) is 11.6 Å². The molecule has 1 atom stereocenters. The highest BCUT2D eigenvalue weighted by molar-refractivity contribution is 9.10. The fourth-order valence-corrected chi connectivity index (χ4v) is 1.80. The van der Waals surface area contributed by atoms with Gasteiger partial charge in [-0.3, -0.25) is 0 Å². The average molecular weight is 320 g/mol. The van der Waals surface area contributed by atoms with E-state index in [0.29, 0.717) is 28.4 Å². The molecule has 6 heteroatoms. The molecule has 0 aromatic carbocycles. The topological polar surface area (TPSA) is 42.1 Å².